The van der Waals surface area contributed by atoms with Gasteiger partial charge in [0.1, 0.15) is 0 Å². The lowest BCUT2D eigenvalue weighted by Crippen LogP contribution is -1.95. The van der Waals surface area contributed by atoms with Crippen molar-refractivity contribution in [3.63, 3.8) is 0 Å². The van der Waals surface area contributed by atoms with Crippen LogP contribution < -0.4 is 0 Å². The molecule has 10 heavy (non-hydrogen) atoms. The molecule has 1 nitrogen and oxygen atoms in total. The lowest BCUT2D eigenvalue weighted by Gasteiger charge is -1.97. The van der Waals surface area contributed by atoms with Gasteiger partial charge in [-0.1, -0.05) is 38.2 Å². The van der Waals surface area contributed by atoms with Crippen molar-refractivity contribution in [2.45, 2.75) is 19.8 Å². The Bertz CT molecular complexity index is 125. The first-order chi connectivity index (χ1) is 4.85. The molecule has 0 saturated heterocycles. The zero-order valence-corrected chi connectivity index (χ0v) is 6.34. The average Bonchev–Trinajstić information content (AvgIpc) is 1.98. The van der Waals surface area contributed by atoms with Gasteiger partial charge >= 0.3 is 0 Å². The maximum absolute atomic E-state index is 10.2. The largest absolute Gasteiger partial charge is 0.290 e. The fourth-order valence-corrected chi connectivity index (χ4v) is 0.718. The van der Waals surface area contributed by atoms with Gasteiger partial charge in [0, 0.05) is 5.92 Å². The molecule has 0 aliphatic heterocycles. The fourth-order valence-electron chi connectivity index (χ4n) is 0.718. The molecule has 0 amide bonds. The molecule has 0 aromatic heterocycles. The smallest absolute Gasteiger partial charge is 0.205 e. The van der Waals surface area contributed by atoms with E-state index in [1.165, 1.54) is 0 Å². The van der Waals surface area contributed by atoms with Gasteiger partial charge in [-0.25, -0.2) is 0 Å². The molecular weight excluding hydrogens is 124 g/mol. The number of hydrogen-bond acceptors (Lipinski definition) is 1. The van der Waals surface area contributed by atoms with E-state index < -0.39 is 0 Å². The van der Waals surface area contributed by atoms with Crippen molar-refractivity contribution in [3.8, 4) is 0 Å². The van der Waals surface area contributed by atoms with Gasteiger partial charge in [-0.15, -0.1) is 0 Å². The standard InChI is InChI=1S/C9H13O/c1-3-5-7-9(8-10)6-4-2/h3,5,7,9H,1,4,6H2,2H3/b7-5+. The first-order valence-electron chi connectivity index (χ1n) is 3.52. The molecule has 0 N–H and O–H groups in total. The van der Waals surface area contributed by atoms with Crippen LogP contribution in [0.15, 0.2) is 24.8 Å². The molecule has 0 rings (SSSR count). The highest BCUT2D eigenvalue weighted by atomic mass is 16.1. The van der Waals surface area contributed by atoms with Crippen LogP contribution in [-0.2, 0) is 4.79 Å². The number of carbonyl (C=O) groups excluding carboxylic acids is 1. The van der Waals surface area contributed by atoms with Crippen LogP contribution in [-0.4, -0.2) is 6.29 Å². The van der Waals surface area contributed by atoms with Gasteiger partial charge in [-0.2, -0.15) is 0 Å². The molecule has 0 aliphatic carbocycles. The molecule has 0 spiro atoms. The van der Waals surface area contributed by atoms with Crippen LogP contribution in [0.25, 0.3) is 0 Å². The van der Waals surface area contributed by atoms with Crippen molar-refractivity contribution in [2.24, 2.45) is 5.92 Å². The summed E-state index contributed by atoms with van der Waals surface area (Å²) in [6.07, 6.45) is 9.12. The van der Waals surface area contributed by atoms with E-state index in [9.17, 15) is 4.79 Å². The Kier molecular flexibility index (Phi) is 5.74. The van der Waals surface area contributed by atoms with Crippen LogP contribution >= 0.6 is 0 Å². The van der Waals surface area contributed by atoms with Crippen molar-refractivity contribution in [1.29, 1.82) is 0 Å². The van der Waals surface area contributed by atoms with Gasteiger partial charge in [0.25, 0.3) is 0 Å². The summed E-state index contributed by atoms with van der Waals surface area (Å²) in [7, 11) is 0. The van der Waals surface area contributed by atoms with Crippen LogP contribution in [0, 0.1) is 5.92 Å². The zero-order valence-electron chi connectivity index (χ0n) is 6.34. The van der Waals surface area contributed by atoms with Gasteiger partial charge in [0.15, 0.2) is 0 Å². The first-order valence-corrected chi connectivity index (χ1v) is 3.52. The third-order valence-electron chi connectivity index (χ3n) is 1.23. The molecule has 0 aliphatic rings. The Balaban J connectivity index is 3.69. The molecule has 55 valence electrons. The molecule has 1 heteroatoms. The van der Waals surface area contributed by atoms with E-state index in [4.69, 9.17) is 0 Å². The Morgan fingerprint density at radius 2 is 2.40 bits per heavy atom. The lowest BCUT2D eigenvalue weighted by atomic mass is 10.1. The SMILES string of the molecule is C=C/C=C/C([C]=O)CCC. The summed E-state index contributed by atoms with van der Waals surface area (Å²) >= 11 is 0. The van der Waals surface area contributed by atoms with E-state index in [1.807, 2.05) is 19.3 Å². The monoisotopic (exact) mass is 137 g/mol. The average molecular weight is 137 g/mol. The summed E-state index contributed by atoms with van der Waals surface area (Å²) in [6, 6.07) is 0. The van der Waals surface area contributed by atoms with Gasteiger partial charge in [-0.3, -0.25) is 4.79 Å². The summed E-state index contributed by atoms with van der Waals surface area (Å²) in [5.74, 6) is -0.0389. The van der Waals surface area contributed by atoms with Crippen LogP contribution in [0.2, 0.25) is 0 Å². The molecule has 0 heterocycles. The zero-order chi connectivity index (χ0) is 7.82. The second kappa shape index (κ2) is 6.27. The molecular formula is C9H13O. The Morgan fingerprint density at radius 1 is 1.70 bits per heavy atom. The van der Waals surface area contributed by atoms with E-state index in [1.54, 1.807) is 12.2 Å². The molecule has 0 aromatic carbocycles. The van der Waals surface area contributed by atoms with Crippen LogP contribution in [0.4, 0.5) is 0 Å². The third kappa shape index (κ3) is 4.07. The number of hydrogen-bond donors (Lipinski definition) is 0. The first kappa shape index (κ1) is 9.15. The number of rotatable bonds is 5. The number of allylic oxidation sites excluding steroid dienone is 3. The molecule has 1 unspecified atom stereocenters. The quantitative estimate of drug-likeness (QED) is 0.531. The van der Waals surface area contributed by atoms with E-state index in [-0.39, 0.29) is 5.92 Å². The van der Waals surface area contributed by atoms with Crippen molar-refractivity contribution in [1.82, 2.24) is 0 Å². The Labute approximate surface area is 62.4 Å². The van der Waals surface area contributed by atoms with Crippen LogP contribution in [0.5, 0.6) is 0 Å². The highest BCUT2D eigenvalue weighted by Gasteiger charge is 1.99. The molecule has 1 atom stereocenters. The second-order valence-corrected chi connectivity index (χ2v) is 2.13. The second-order valence-electron chi connectivity index (χ2n) is 2.13. The topological polar surface area (TPSA) is 17.1 Å². The van der Waals surface area contributed by atoms with Gasteiger partial charge in [-0.05, 0) is 6.42 Å². The predicted molar refractivity (Wildman–Crippen MR) is 43.4 cm³/mol. The van der Waals surface area contributed by atoms with Crippen molar-refractivity contribution < 1.29 is 4.79 Å². The lowest BCUT2D eigenvalue weighted by molar-refractivity contribution is 0.530. The van der Waals surface area contributed by atoms with E-state index in [0.717, 1.165) is 12.8 Å². The Hall–Kier alpha value is -0.850. The highest BCUT2D eigenvalue weighted by Crippen LogP contribution is 2.03. The van der Waals surface area contributed by atoms with Gasteiger partial charge < -0.3 is 0 Å². The van der Waals surface area contributed by atoms with E-state index in [2.05, 4.69) is 6.58 Å². The van der Waals surface area contributed by atoms with E-state index in [0.29, 0.717) is 0 Å². The normalized spacial score (nSPS) is 13.3. The van der Waals surface area contributed by atoms with Crippen molar-refractivity contribution in [2.75, 3.05) is 0 Å². The summed E-state index contributed by atoms with van der Waals surface area (Å²) in [5, 5.41) is 0. The molecule has 0 fully saturated rings. The summed E-state index contributed by atoms with van der Waals surface area (Å²) < 4.78 is 0. The summed E-state index contributed by atoms with van der Waals surface area (Å²) in [5.41, 5.74) is 0. The minimum absolute atomic E-state index is 0.0389. The summed E-state index contributed by atoms with van der Waals surface area (Å²) in [6.45, 7) is 5.56. The molecule has 0 aromatic rings. The minimum atomic E-state index is -0.0389. The predicted octanol–water partition coefficient (Wildman–Crippen LogP) is 2.25. The molecule has 1 radical (unpaired) electrons. The summed E-state index contributed by atoms with van der Waals surface area (Å²) in [4.78, 5) is 10.2. The van der Waals surface area contributed by atoms with Crippen molar-refractivity contribution >= 4 is 6.29 Å². The third-order valence-corrected chi connectivity index (χ3v) is 1.23. The maximum Gasteiger partial charge on any atom is 0.205 e. The molecule has 0 bridgehead atoms. The van der Waals surface area contributed by atoms with E-state index >= 15 is 0 Å². The van der Waals surface area contributed by atoms with Gasteiger partial charge in [0.2, 0.25) is 6.29 Å². The maximum atomic E-state index is 10.2. The van der Waals surface area contributed by atoms with Crippen molar-refractivity contribution in [3.05, 3.63) is 24.8 Å². The highest BCUT2D eigenvalue weighted by molar-refractivity contribution is 5.57. The Morgan fingerprint density at radius 3 is 2.80 bits per heavy atom. The van der Waals surface area contributed by atoms with Crippen LogP contribution in [0.1, 0.15) is 19.8 Å². The van der Waals surface area contributed by atoms with Gasteiger partial charge in [0.05, 0.1) is 0 Å². The fraction of sp³-hybridized carbons (Fsp3) is 0.444. The molecule has 0 saturated carbocycles. The minimum Gasteiger partial charge on any atom is -0.290 e. The van der Waals surface area contributed by atoms with Crippen LogP contribution in [0.3, 0.4) is 0 Å².